The standard InChI is InChI=1S/C18H15P.C3H5O.Au/c1-4-10-16(11-5-1)19(17-12-6-2-7-13-17)18-14-8-3-9-15-18;1-3(2)4;/h1-15H;1H2,2H3;. The minimum absolute atomic E-state index is 0.230. The molecule has 3 aromatic carbocycles. The van der Waals surface area contributed by atoms with Crippen molar-refractivity contribution in [3.8, 4) is 0 Å². The molecule has 0 aliphatic heterocycles. The molecule has 0 radical (unpaired) electrons. The third-order valence-electron chi connectivity index (χ3n) is 3.19. The van der Waals surface area contributed by atoms with Crippen LogP contribution in [0.25, 0.3) is 0 Å². The Labute approximate surface area is 157 Å². The van der Waals surface area contributed by atoms with Crippen LogP contribution in [-0.2, 0) is 25.9 Å². The summed E-state index contributed by atoms with van der Waals surface area (Å²) in [5.41, 5.74) is 0. The SMILES string of the molecule is CC(=O)[CH2][Au].c1ccc(P(c2ccccc2)c2ccccc2)cc1. The number of hydrogen-bond acceptors (Lipinski definition) is 1. The van der Waals surface area contributed by atoms with Gasteiger partial charge < -0.3 is 0 Å². The van der Waals surface area contributed by atoms with Gasteiger partial charge in [-0.25, -0.2) is 0 Å². The van der Waals surface area contributed by atoms with Crippen LogP contribution >= 0.6 is 7.92 Å². The van der Waals surface area contributed by atoms with Gasteiger partial charge in [0, 0.05) is 0 Å². The van der Waals surface area contributed by atoms with Gasteiger partial charge in [-0.15, -0.1) is 0 Å². The molecule has 0 aromatic heterocycles. The maximum absolute atomic E-state index is 9.80. The van der Waals surface area contributed by atoms with Gasteiger partial charge in [0.2, 0.25) is 0 Å². The van der Waals surface area contributed by atoms with Crippen molar-refractivity contribution in [1.29, 1.82) is 0 Å². The molecule has 3 aromatic rings. The van der Waals surface area contributed by atoms with Crippen molar-refractivity contribution >= 4 is 29.6 Å². The van der Waals surface area contributed by atoms with Gasteiger partial charge in [-0.3, -0.25) is 0 Å². The van der Waals surface area contributed by atoms with E-state index >= 15 is 0 Å². The van der Waals surface area contributed by atoms with E-state index in [0.29, 0.717) is 4.64 Å². The molecule has 0 bridgehead atoms. The Hall–Kier alpha value is -1.50. The number of Topliss-reactive ketones (excluding diaryl/α,β-unsaturated/α-hetero) is 1. The Kier molecular flexibility index (Phi) is 8.15. The molecule has 0 saturated heterocycles. The zero-order valence-corrected chi connectivity index (χ0v) is 16.6. The second-order valence-corrected chi connectivity index (χ2v) is 8.14. The molecule has 0 amide bonds. The van der Waals surface area contributed by atoms with E-state index < -0.39 is 7.92 Å². The Morgan fingerprint density at radius 2 is 0.958 bits per heavy atom. The molecule has 0 saturated carbocycles. The normalized spacial score (nSPS) is 10.0. The first-order valence-corrected chi connectivity index (χ1v) is 10.5. The van der Waals surface area contributed by atoms with E-state index in [-0.39, 0.29) is 5.78 Å². The van der Waals surface area contributed by atoms with E-state index in [1.807, 2.05) is 0 Å². The van der Waals surface area contributed by atoms with Crippen molar-refractivity contribution in [2.24, 2.45) is 0 Å². The largest absolute Gasteiger partial charge is 0.0622 e. The number of carbonyl (C=O) groups excluding carboxylic acids is 1. The average molecular weight is 516 g/mol. The summed E-state index contributed by atoms with van der Waals surface area (Å²) in [7, 11) is -0.446. The van der Waals surface area contributed by atoms with Crippen LogP contribution in [0.15, 0.2) is 91.0 Å². The van der Waals surface area contributed by atoms with Crippen molar-refractivity contribution < 1.29 is 25.9 Å². The fourth-order valence-electron chi connectivity index (χ4n) is 2.18. The van der Waals surface area contributed by atoms with Crippen LogP contribution < -0.4 is 15.9 Å². The molecule has 24 heavy (non-hydrogen) atoms. The number of carbonyl (C=O) groups is 1. The van der Waals surface area contributed by atoms with E-state index in [2.05, 4.69) is 112 Å². The molecule has 0 fully saturated rings. The van der Waals surface area contributed by atoms with Crippen LogP contribution in [0.4, 0.5) is 0 Å². The molecule has 0 atom stereocenters. The predicted octanol–water partition coefficient (Wildman–Crippen LogP) is 3.99. The molecular weight excluding hydrogens is 496 g/mol. The van der Waals surface area contributed by atoms with E-state index in [9.17, 15) is 4.79 Å². The number of ketones is 1. The minimum atomic E-state index is -0.446. The first kappa shape index (κ1) is 18.8. The Morgan fingerprint density at radius 3 is 1.17 bits per heavy atom. The summed E-state index contributed by atoms with van der Waals surface area (Å²) in [6.45, 7) is 1.57. The van der Waals surface area contributed by atoms with Crippen LogP contribution in [0.3, 0.4) is 0 Å². The summed E-state index contributed by atoms with van der Waals surface area (Å²) in [6.07, 6.45) is 0. The molecule has 3 heteroatoms. The second-order valence-electron chi connectivity index (χ2n) is 5.15. The summed E-state index contributed by atoms with van der Waals surface area (Å²) >= 11 is 2.18. The summed E-state index contributed by atoms with van der Waals surface area (Å²) in [5, 5.41) is 4.19. The molecular formula is C21H20AuOP. The average Bonchev–Trinajstić information content (AvgIpc) is 2.65. The van der Waals surface area contributed by atoms with Crippen molar-refractivity contribution in [3.05, 3.63) is 91.0 Å². The maximum atomic E-state index is 9.80. The van der Waals surface area contributed by atoms with Crippen molar-refractivity contribution in [2.75, 3.05) is 0 Å². The maximum Gasteiger partial charge on any atom is -0.0134 e. The molecule has 0 N–H and O–H groups in total. The summed E-state index contributed by atoms with van der Waals surface area (Å²) < 4.78 is 0.611. The molecule has 0 spiro atoms. The van der Waals surface area contributed by atoms with Gasteiger partial charge in [0.1, 0.15) is 0 Å². The minimum Gasteiger partial charge on any atom is -0.0622 e. The molecule has 126 valence electrons. The van der Waals surface area contributed by atoms with Gasteiger partial charge in [0.15, 0.2) is 0 Å². The first-order chi connectivity index (χ1) is 11.7. The van der Waals surface area contributed by atoms with Gasteiger partial charge in [0.05, 0.1) is 0 Å². The van der Waals surface area contributed by atoms with Crippen LogP contribution in [-0.4, -0.2) is 5.78 Å². The van der Waals surface area contributed by atoms with Crippen molar-refractivity contribution in [3.63, 3.8) is 0 Å². The summed E-state index contributed by atoms with van der Waals surface area (Å²) in [5.74, 6) is 0.230. The van der Waals surface area contributed by atoms with Crippen LogP contribution in [0.1, 0.15) is 6.92 Å². The Bertz CT molecular complexity index is 636. The van der Waals surface area contributed by atoms with Gasteiger partial charge >= 0.3 is 43.2 Å². The number of rotatable bonds is 4. The molecule has 0 aliphatic carbocycles. The predicted molar refractivity (Wildman–Crippen MR) is 101 cm³/mol. The van der Waals surface area contributed by atoms with Crippen molar-refractivity contribution in [1.82, 2.24) is 0 Å². The topological polar surface area (TPSA) is 17.1 Å². The van der Waals surface area contributed by atoms with Gasteiger partial charge in [0.25, 0.3) is 0 Å². The van der Waals surface area contributed by atoms with Crippen LogP contribution in [0.2, 0.25) is 4.64 Å². The Morgan fingerprint density at radius 1 is 0.708 bits per heavy atom. The van der Waals surface area contributed by atoms with E-state index in [1.165, 1.54) is 15.9 Å². The van der Waals surface area contributed by atoms with E-state index in [0.717, 1.165) is 0 Å². The summed E-state index contributed by atoms with van der Waals surface area (Å²) in [4.78, 5) is 9.80. The molecule has 0 heterocycles. The molecule has 1 nitrogen and oxygen atoms in total. The second kappa shape index (κ2) is 10.4. The smallest absolute Gasteiger partial charge is 0.0134 e. The molecule has 0 unspecified atom stereocenters. The number of benzene rings is 3. The zero-order valence-electron chi connectivity index (χ0n) is 13.5. The van der Waals surface area contributed by atoms with Crippen molar-refractivity contribution in [2.45, 2.75) is 11.6 Å². The quantitative estimate of drug-likeness (QED) is 0.379. The fraction of sp³-hybridized carbons (Fsp3) is 0.0952. The first-order valence-electron chi connectivity index (χ1n) is 7.67. The van der Waals surface area contributed by atoms with Crippen LogP contribution in [0.5, 0.6) is 0 Å². The molecule has 3 rings (SSSR count). The molecule has 0 aliphatic rings. The van der Waals surface area contributed by atoms with Crippen LogP contribution in [0, 0.1) is 0 Å². The third-order valence-corrected chi connectivity index (χ3v) is 6.72. The van der Waals surface area contributed by atoms with Gasteiger partial charge in [-0.1, -0.05) is 91.0 Å². The monoisotopic (exact) mass is 516 g/mol. The van der Waals surface area contributed by atoms with Gasteiger partial charge in [-0.05, 0) is 23.8 Å². The number of hydrogen-bond donors (Lipinski definition) is 0. The summed E-state index contributed by atoms with van der Waals surface area (Å²) in [6, 6.07) is 32.3. The van der Waals surface area contributed by atoms with Gasteiger partial charge in [-0.2, -0.15) is 0 Å². The Balaban J connectivity index is 0.000000368. The zero-order chi connectivity index (χ0) is 17.2. The van der Waals surface area contributed by atoms with E-state index in [4.69, 9.17) is 0 Å². The third kappa shape index (κ3) is 5.85. The van der Waals surface area contributed by atoms with E-state index in [1.54, 1.807) is 6.92 Å². The fourth-order valence-corrected chi connectivity index (χ4v) is 4.48.